The average Bonchev–Trinajstić information content (AvgIpc) is 3.70. The van der Waals surface area contributed by atoms with E-state index in [4.69, 9.17) is 69.3 Å². The highest BCUT2D eigenvalue weighted by molar-refractivity contribution is 6.42. The van der Waals surface area contributed by atoms with Crippen molar-refractivity contribution in [1.29, 1.82) is 0 Å². The van der Waals surface area contributed by atoms with Crippen molar-refractivity contribution in [2.45, 2.75) is 82.1 Å². The Labute approximate surface area is 475 Å². The number of nitrogens with one attached hydrogen (secondary N) is 4. The summed E-state index contributed by atoms with van der Waals surface area (Å²) in [6, 6.07) is 36.4. The number of nitrogens with zero attached hydrogens (tertiary/aromatic N) is 4. The monoisotopic (exact) mass is 1140 g/mol. The first-order valence-corrected chi connectivity index (χ1v) is 27.7. The van der Waals surface area contributed by atoms with E-state index in [1.54, 1.807) is 18.2 Å². The molecule has 0 aliphatic carbocycles. The Balaban J connectivity index is 0.000000226. The van der Waals surface area contributed by atoms with E-state index in [9.17, 15) is 19.2 Å². The van der Waals surface area contributed by atoms with Crippen LogP contribution >= 0.6 is 46.4 Å². The van der Waals surface area contributed by atoms with Crippen LogP contribution in [0, 0.1) is 0 Å². The lowest BCUT2D eigenvalue weighted by atomic mass is 10.0. The van der Waals surface area contributed by atoms with E-state index in [-0.39, 0.29) is 47.6 Å². The van der Waals surface area contributed by atoms with Gasteiger partial charge >= 0.3 is 0 Å². The molecule has 2 fully saturated rings. The number of benzene rings is 6. The van der Waals surface area contributed by atoms with Crippen LogP contribution in [0.2, 0.25) is 20.1 Å². The Morgan fingerprint density at radius 3 is 1.78 bits per heavy atom. The SMILES string of the molecule is CCC(N=C(N)N)[C@@H]1N[C@H](CNC(=O)c2ccc3ccccc3c2)CCN(CCc2ccc(Cl)cc2Cl)C1=O.NC(N)=NCCC[C@@H]1N[C@H](CNC(=O)c2ccc3ccccc3c2)CCN(CCc2ccc(Cl)c(Cl)c2)C1=O. The van der Waals surface area contributed by atoms with Crippen molar-refractivity contribution < 1.29 is 19.2 Å². The molecule has 0 bridgehead atoms. The molecule has 6 aromatic rings. The molecule has 1 unspecified atom stereocenters. The molecule has 2 aliphatic heterocycles. The molecule has 6 aromatic carbocycles. The summed E-state index contributed by atoms with van der Waals surface area (Å²) in [6.45, 7) is 5.27. The van der Waals surface area contributed by atoms with Gasteiger partial charge in [0.25, 0.3) is 11.8 Å². The van der Waals surface area contributed by atoms with Gasteiger partial charge in [-0.15, -0.1) is 0 Å². The number of hydrogen-bond acceptors (Lipinski definition) is 8. The van der Waals surface area contributed by atoms with Crippen LogP contribution in [0.4, 0.5) is 0 Å². The number of nitrogens with two attached hydrogens (primary N) is 4. The molecule has 0 saturated carbocycles. The normalized spacial score (nSPS) is 18.0. The molecular formula is C58H68Cl4N12O4. The van der Waals surface area contributed by atoms with Crippen molar-refractivity contribution in [3.63, 3.8) is 0 Å². The second-order valence-electron chi connectivity index (χ2n) is 19.5. The van der Waals surface area contributed by atoms with Crippen molar-refractivity contribution in [1.82, 2.24) is 31.1 Å². The highest BCUT2D eigenvalue weighted by Gasteiger charge is 2.36. The fourth-order valence-electron chi connectivity index (χ4n) is 9.69. The maximum atomic E-state index is 13.7. The van der Waals surface area contributed by atoms with Crippen LogP contribution in [0.15, 0.2) is 131 Å². The quantitative estimate of drug-likeness (QED) is 0.0226. The second kappa shape index (κ2) is 28.8. The van der Waals surface area contributed by atoms with Gasteiger partial charge in [-0.25, -0.2) is 4.99 Å². The van der Waals surface area contributed by atoms with Crippen LogP contribution in [0.5, 0.6) is 0 Å². The van der Waals surface area contributed by atoms with Crippen LogP contribution in [-0.2, 0) is 22.4 Å². The number of rotatable bonds is 19. The van der Waals surface area contributed by atoms with Gasteiger partial charge in [0.1, 0.15) is 6.04 Å². The van der Waals surface area contributed by atoms with E-state index < -0.39 is 18.1 Å². The maximum Gasteiger partial charge on any atom is 0.251 e. The third kappa shape index (κ3) is 16.9. The van der Waals surface area contributed by atoms with Gasteiger partial charge in [0.05, 0.1) is 22.1 Å². The predicted octanol–water partition coefficient (Wildman–Crippen LogP) is 7.46. The first-order valence-electron chi connectivity index (χ1n) is 26.2. The number of halogens is 4. The fourth-order valence-corrected chi connectivity index (χ4v) is 10.5. The topological polar surface area (TPSA) is 252 Å². The first-order chi connectivity index (χ1) is 37.5. The van der Waals surface area contributed by atoms with Crippen molar-refractivity contribution in [2.75, 3.05) is 45.8 Å². The Hall–Kier alpha value is -6.66. The van der Waals surface area contributed by atoms with Gasteiger partial charge < -0.3 is 48.7 Å². The molecule has 16 nitrogen and oxygen atoms in total. The zero-order valence-electron chi connectivity index (χ0n) is 43.6. The maximum absolute atomic E-state index is 13.7. The van der Waals surface area contributed by atoms with Gasteiger partial charge in [-0.1, -0.05) is 126 Å². The van der Waals surface area contributed by atoms with Crippen LogP contribution in [0.1, 0.15) is 70.9 Å². The summed E-state index contributed by atoms with van der Waals surface area (Å²) < 4.78 is 0. The van der Waals surface area contributed by atoms with Gasteiger partial charge in [0.15, 0.2) is 11.9 Å². The molecule has 0 spiro atoms. The Bertz CT molecular complexity index is 3120. The van der Waals surface area contributed by atoms with Gasteiger partial charge in [-0.3, -0.25) is 29.5 Å². The highest BCUT2D eigenvalue weighted by atomic mass is 35.5. The number of carbonyl (C=O) groups is 4. The van der Waals surface area contributed by atoms with Crippen LogP contribution in [0.25, 0.3) is 21.5 Å². The highest BCUT2D eigenvalue weighted by Crippen LogP contribution is 2.25. The summed E-state index contributed by atoms with van der Waals surface area (Å²) >= 11 is 24.6. The Kier molecular flexibility index (Phi) is 21.8. The van der Waals surface area contributed by atoms with Crippen molar-refractivity contribution in [2.24, 2.45) is 32.9 Å². The predicted molar refractivity (Wildman–Crippen MR) is 317 cm³/mol. The van der Waals surface area contributed by atoms with Crippen LogP contribution in [-0.4, -0.2) is 121 Å². The lowest BCUT2D eigenvalue weighted by Gasteiger charge is -2.28. The van der Waals surface area contributed by atoms with Gasteiger partial charge in [-0.05, 0) is 126 Å². The number of hydrogen-bond donors (Lipinski definition) is 8. The molecule has 78 heavy (non-hydrogen) atoms. The Morgan fingerprint density at radius 1 is 0.641 bits per heavy atom. The first kappa shape index (κ1) is 59.0. The summed E-state index contributed by atoms with van der Waals surface area (Å²) in [4.78, 5) is 65.2. The fraction of sp³-hybridized carbons (Fsp3) is 0.345. The van der Waals surface area contributed by atoms with Gasteiger partial charge in [0, 0.05) is 79.1 Å². The molecule has 5 atom stereocenters. The average molecular weight is 1140 g/mol. The zero-order chi connectivity index (χ0) is 55.7. The standard InChI is InChI=1S/2C29H34Cl2N6O2/c1-2-25(36-29(32)33)26-28(39)37(13-11-19-9-10-22(30)16-24(19)31)14-12-23(35-26)17-34-27(38)21-8-7-18-5-3-4-6-20(18)15-21;30-24-10-7-19(16-25(24)31)11-14-37-15-12-23(36-26(28(37)39)6-3-13-34-29(32)33)18-35-27(38)22-9-8-20-4-1-2-5-21(20)17-22/h3-10,15-16,23,25-26,35H,2,11-14,17H2,1H3,(H,34,38)(H4,32,33,36);1-2,4-5,7-10,16-17,23,26,36H,3,6,11-15,18H2,(H,35,38)(H4,32,33,34)/t23-,25?,26-;23-,26-/m00/s1. The summed E-state index contributed by atoms with van der Waals surface area (Å²) in [5.41, 5.74) is 25.4. The summed E-state index contributed by atoms with van der Waals surface area (Å²) in [7, 11) is 0. The molecule has 2 heterocycles. The van der Waals surface area contributed by atoms with E-state index >= 15 is 0 Å². The summed E-state index contributed by atoms with van der Waals surface area (Å²) in [5, 5.41) is 19.3. The largest absolute Gasteiger partial charge is 0.370 e. The van der Waals surface area contributed by atoms with Gasteiger partial charge in [0.2, 0.25) is 11.8 Å². The minimum atomic E-state index is -0.636. The zero-order valence-corrected chi connectivity index (χ0v) is 46.6. The van der Waals surface area contributed by atoms with Crippen LogP contribution < -0.4 is 44.2 Å². The van der Waals surface area contributed by atoms with E-state index in [1.165, 1.54) is 0 Å². The smallest absolute Gasteiger partial charge is 0.251 e. The molecule has 4 amide bonds. The van der Waals surface area contributed by atoms with E-state index in [2.05, 4.69) is 31.3 Å². The number of amides is 4. The van der Waals surface area contributed by atoms with Crippen molar-refractivity contribution in [3.05, 3.63) is 164 Å². The van der Waals surface area contributed by atoms with E-state index in [0.717, 1.165) is 32.7 Å². The minimum Gasteiger partial charge on any atom is -0.370 e. The van der Waals surface area contributed by atoms with Crippen molar-refractivity contribution in [3.8, 4) is 0 Å². The number of aliphatic imine (C=N–C) groups is 2. The molecule has 12 N–H and O–H groups in total. The summed E-state index contributed by atoms with van der Waals surface area (Å²) in [5.74, 6) is -0.392. The van der Waals surface area contributed by atoms with E-state index in [0.29, 0.717) is 122 Å². The van der Waals surface area contributed by atoms with Gasteiger partial charge in [-0.2, -0.15) is 0 Å². The van der Waals surface area contributed by atoms with Crippen LogP contribution in [0.3, 0.4) is 0 Å². The molecule has 2 aliphatic rings. The third-order valence-electron chi connectivity index (χ3n) is 14.0. The molecule has 2 saturated heterocycles. The lowest BCUT2D eigenvalue weighted by Crippen LogP contribution is -2.54. The second-order valence-corrected chi connectivity index (χ2v) is 21.1. The summed E-state index contributed by atoms with van der Waals surface area (Å²) in [6.07, 6.45) is 4.38. The van der Waals surface area contributed by atoms with E-state index in [1.807, 2.05) is 120 Å². The molecular weight excluding hydrogens is 1070 g/mol. The molecule has 412 valence electrons. The Morgan fingerprint density at radius 2 is 1.22 bits per heavy atom. The molecule has 0 radical (unpaired) electrons. The molecule has 0 aromatic heterocycles. The third-order valence-corrected chi connectivity index (χ3v) is 15.3. The lowest BCUT2D eigenvalue weighted by molar-refractivity contribution is -0.133. The number of fused-ring (bicyclic) bond motifs is 2. The molecule has 20 heteroatoms. The minimum absolute atomic E-state index is 0.0307. The number of guanidine groups is 2. The molecule has 8 rings (SSSR count). The number of carbonyl (C=O) groups excluding carboxylic acids is 4. The van der Waals surface area contributed by atoms with Crippen molar-refractivity contribution >= 4 is 103 Å².